The first-order chi connectivity index (χ1) is 8.82. The highest BCUT2D eigenvalue weighted by atomic mass is 32.2. The van der Waals surface area contributed by atoms with Gasteiger partial charge in [-0.3, -0.25) is 4.90 Å². The van der Waals surface area contributed by atoms with Gasteiger partial charge in [0.05, 0.1) is 5.69 Å². The first kappa shape index (κ1) is 16.1. The molecule has 0 aromatic carbocycles. The maximum absolute atomic E-state index is 11.8. The maximum atomic E-state index is 11.8. The molecular weight excluding hydrogens is 266 g/mol. The molecule has 7 heteroatoms. The summed E-state index contributed by atoms with van der Waals surface area (Å²) >= 11 is 0. The average molecular weight is 289 g/mol. The van der Waals surface area contributed by atoms with E-state index in [0.717, 1.165) is 0 Å². The number of aromatic nitrogens is 1. The Hall–Kier alpha value is -0.920. The minimum absolute atomic E-state index is 0.146. The quantitative estimate of drug-likeness (QED) is 0.778. The van der Waals surface area contributed by atoms with Crippen molar-refractivity contribution in [1.29, 1.82) is 0 Å². The Kier molecular flexibility index (Phi) is 5.96. The summed E-state index contributed by atoms with van der Waals surface area (Å²) in [7, 11) is -3.35. The van der Waals surface area contributed by atoms with Gasteiger partial charge in [-0.1, -0.05) is 5.16 Å². The largest absolute Gasteiger partial charge is 0.364 e. The SMILES string of the molecule is CC(C)N(CCNS(=O)(=O)Cc1ccon1)C(C)C. The van der Waals surface area contributed by atoms with E-state index < -0.39 is 10.0 Å². The Labute approximate surface area is 115 Å². The Balaban J connectivity index is 2.43. The molecule has 1 rings (SSSR count). The molecule has 1 aromatic rings. The Morgan fingerprint density at radius 2 is 1.95 bits per heavy atom. The molecule has 0 aliphatic carbocycles. The van der Waals surface area contributed by atoms with Crippen molar-refractivity contribution in [3.8, 4) is 0 Å². The van der Waals surface area contributed by atoms with E-state index in [2.05, 4.69) is 47.0 Å². The Morgan fingerprint density at radius 3 is 2.42 bits per heavy atom. The third-order valence-electron chi connectivity index (χ3n) is 2.85. The molecule has 0 spiro atoms. The van der Waals surface area contributed by atoms with E-state index >= 15 is 0 Å². The smallest absolute Gasteiger partial charge is 0.217 e. The van der Waals surface area contributed by atoms with Gasteiger partial charge in [0.25, 0.3) is 0 Å². The van der Waals surface area contributed by atoms with Gasteiger partial charge in [0, 0.05) is 31.2 Å². The predicted molar refractivity (Wildman–Crippen MR) is 74.1 cm³/mol. The fourth-order valence-electron chi connectivity index (χ4n) is 2.00. The van der Waals surface area contributed by atoms with Crippen molar-refractivity contribution in [2.45, 2.75) is 45.5 Å². The van der Waals surface area contributed by atoms with E-state index in [1.165, 1.54) is 6.26 Å². The number of hydrogen-bond donors (Lipinski definition) is 1. The van der Waals surface area contributed by atoms with Crippen molar-refractivity contribution in [3.05, 3.63) is 18.0 Å². The van der Waals surface area contributed by atoms with Gasteiger partial charge >= 0.3 is 0 Å². The molecule has 0 amide bonds. The van der Waals surface area contributed by atoms with Gasteiger partial charge in [-0.25, -0.2) is 13.1 Å². The Morgan fingerprint density at radius 1 is 1.32 bits per heavy atom. The monoisotopic (exact) mass is 289 g/mol. The standard InChI is InChI=1S/C12H23N3O3S/c1-10(2)15(11(3)4)7-6-13-19(16,17)9-12-5-8-18-14-12/h5,8,10-11,13H,6-7,9H2,1-4H3. The minimum Gasteiger partial charge on any atom is -0.364 e. The summed E-state index contributed by atoms with van der Waals surface area (Å²) in [6.45, 7) is 9.49. The second-order valence-corrected chi connectivity index (χ2v) is 6.88. The highest BCUT2D eigenvalue weighted by Gasteiger charge is 2.16. The average Bonchev–Trinajstić information content (AvgIpc) is 2.75. The van der Waals surface area contributed by atoms with Crippen molar-refractivity contribution < 1.29 is 12.9 Å². The molecule has 6 nitrogen and oxygen atoms in total. The summed E-state index contributed by atoms with van der Waals surface area (Å²) in [6.07, 6.45) is 1.37. The third kappa shape index (κ3) is 5.71. The number of sulfonamides is 1. The lowest BCUT2D eigenvalue weighted by Crippen LogP contribution is -2.42. The normalized spacial score (nSPS) is 12.8. The van der Waals surface area contributed by atoms with Gasteiger partial charge in [-0.2, -0.15) is 0 Å². The van der Waals surface area contributed by atoms with Crippen LogP contribution in [0, 0.1) is 0 Å². The van der Waals surface area contributed by atoms with Crippen LogP contribution in [0.15, 0.2) is 16.9 Å². The first-order valence-corrected chi connectivity index (χ1v) is 8.09. The molecule has 0 saturated carbocycles. The number of hydrogen-bond acceptors (Lipinski definition) is 5. The number of nitrogens with one attached hydrogen (secondary N) is 1. The van der Waals surface area contributed by atoms with Gasteiger partial charge in [-0.15, -0.1) is 0 Å². The molecule has 1 heterocycles. The van der Waals surface area contributed by atoms with Crippen molar-refractivity contribution in [2.24, 2.45) is 0 Å². The lowest BCUT2D eigenvalue weighted by atomic mass is 10.2. The zero-order valence-electron chi connectivity index (χ0n) is 12.0. The third-order valence-corrected chi connectivity index (χ3v) is 4.17. The van der Waals surface area contributed by atoms with E-state index in [9.17, 15) is 8.42 Å². The van der Waals surface area contributed by atoms with Crippen LogP contribution in [-0.2, 0) is 15.8 Å². The molecule has 19 heavy (non-hydrogen) atoms. The predicted octanol–water partition coefficient (Wildman–Crippen LogP) is 1.21. The molecule has 1 aromatic heterocycles. The number of rotatable bonds is 8. The number of nitrogens with zero attached hydrogens (tertiary/aromatic N) is 2. The minimum atomic E-state index is -3.35. The van der Waals surface area contributed by atoms with Crippen LogP contribution in [0.2, 0.25) is 0 Å². The molecule has 0 bridgehead atoms. The first-order valence-electron chi connectivity index (χ1n) is 6.44. The molecule has 0 unspecified atom stereocenters. The lowest BCUT2D eigenvalue weighted by molar-refractivity contribution is 0.179. The fraction of sp³-hybridized carbons (Fsp3) is 0.750. The molecule has 0 saturated heterocycles. The topological polar surface area (TPSA) is 75.4 Å². The van der Waals surface area contributed by atoms with Gasteiger partial charge in [0.15, 0.2) is 0 Å². The zero-order valence-corrected chi connectivity index (χ0v) is 12.8. The van der Waals surface area contributed by atoms with Crippen molar-refractivity contribution in [2.75, 3.05) is 13.1 Å². The van der Waals surface area contributed by atoms with Crippen LogP contribution in [0.25, 0.3) is 0 Å². The molecule has 0 fully saturated rings. The molecule has 1 N–H and O–H groups in total. The lowest BCUT2D eigenvalue weighted by Gasteiger charge is -2.30. The molecule has 110 valence electrons. The van der Waals surface area contributed by atoms with E-state index in [1.54, 1.807) is 6.07 Å². The highest BCUT2D eigenvalue weighted by Crippen LogP contribution is 2.04. The molecule has 0 radical (unpaired) electrons. The fourth-order valence-corrected chi connectivity index (χ4v) is 3.04. The van der Waals surface area contributed by atoms with Crippen LogP contribution >= 0.6 is 0 Å². The van der Waals surface area contributed by atoms with E-state index in [4.69, 9.17) is 0 Å². The summed E-state index contributed by atoms with van der Waals surface area (Å²) in [5.74, 6) is -0.146. The van der Waals surface area contributed by atoms with Crippen LogP contribution in [0.5, 0.6) is 0 Å². The summed E-state index contributed by atoms with van der Waals surface area (Å²) in [5, 5.41) is 3.60. The Bertz CT molecular complexity index is 447. The van der Waals surface area contributed by atoms with Crippen molar-refractivity contribution >= 4 is 10.0 Å². The molecule has 0 atom stereocenters. The van der Waals surface area contributed by atoms with Crippen LogP contribution in [-0.4, -0.2) is 43.6 Å². The van der Waals surface area contributed by atoms with Crippen LogP contribution in [0.1, 0.15) is 33.4 Å². The van der Waals surface area contributed by atoms with E-state index in [-0.39, 0.29) is 5.75 Å². The highest BCUT2D eigenvalue weighted by molar-refractivity contribution is 7.88. The van der Waals surface area contributed by atoms with Gasteiger partial charge in [0.2, 0.25) is 10.0 Å². The summed E-state index contributed by atoms with van der Waals surface area (Å²) in [4.78, 5) is 2.23. The van der Waals surface area contributed by atoms with Crippen LogP contribution < -0.4 is 4.72 Å². The zero-order chi connectivity index (χ0) is 14.5. The van der Waals surface area contributed by atoms with Crippen LogP contribution in [0.4, 0.5) is 0 Å². The van der Waals surface area contributed by atoms with E-state index in [1.807, 2.05) is 0 Å². The van der Waals surface area contributed by atoms with Gasteiger partial charge in [0.1, 0.15) is 12.0 Å². The summed E-state index contributed by atoms with van der Waals surface area (Å²) in [6, 6.07) is 2.33. The second kappa shape index (κ2) is 7.02. The maximum Gasteiger partial charge on any atom is 0.217 e. The van der Waals surface area contributed by atoms with Gasteiger partial charge in [-0.05, 0) is 27.7 Å². The molecule has 0 aliphatic rings. The van der Waals surface area contributed by atoms with Crippen LogP contribution in [0.3, 0.4) is 0 Å². The van der Waals surface area contributed by atoms with Crippen molar-refractivity contribution in [3.63, 3.8) is 0 Å². The summed E-state index contributed by atoms with van der Waals surface area (Å²) < 4.78 is 30.8. The second-order valence-electron chi connectivity index (χ2n) is 5.07. The van der Waals surface area contributed by atoms with Gasteiger partial charge < -0.3 is 4.52 Å². The summed E-state index contributed by atoms with van der Waals surface area (Å²) in [5.41, 5.74) is 0.414. The van der Waals surface area contributed by atoms with E-state index in [0.29, 0.717) is 30.9 Å². The molecule has 0 aliphatic heterocycles. The van der Waals surface area contributed by atoms with Crippen molar-refractivity contribution in [1.82, 2.24) is 14.8 Å². The molecular formula is C12H23N3O3S.